The van der Waals surface area contributed by atoms with E-state index in [2.05, 4.69) is 20.8 Å². The van der Waals surface area contributed by atoms with Crippen LogP contribution in [-0.4, -0.2) is 35.0 Å². The molecule has 5 heteroatoms. The number of amides is 1. The summed E-state index contributed by atoms with van der Waals surface area (Å²) < 4.78 is 14.0. The Morgan fingerprint density at radius 3 is 2.57 bits per heavy atom. The van der Waals surface area contributed by atoms with Crippen molar-refractivity contribution in [1.29, 1.82) is 0 Å². The second-order valence-electron chi connectivity index (χ2n) is 6.40. The number of carbonyl (C=O) groups is 2. The van der Waals surface area contributed by atoms with E-state index < -0.39 is 11.8 Å². The molecule has 0 aliphatic carbocycles. The summed E-state index contributed by atoms with van der Waals surface area (Å²) >= 11 is 0. The topological polar surface area (TPSA) is 57.6 Å². The summed E-state index contributed by atoms with van der Waals surface area (Å²) in [7, 11) is 0. The SMILES string of the molecule is CC1CCN(C(=O)c2ccc(C(=O)O)cc2F)CC1(C)C. The number of aromatic carboxylic acids is 1. The maximum Gasteiger partial charge on any atom is 0.335 e. The van der Waals surface area contributed by atoms with Gasteiger partial charge in [-0.2, -0.15) is 0 Å². The Hall–Kier alpha value is -1.91. The molecule has 1 aromatic rings. The Balaban J connectivity index is 2.23. The summed E-state index contributed by atoms with van der Waals surface area (Å²) in [4.78, 5) is 24.9. The van der Waals surface area contributed by atoms with Gasteiger partial charge in [0.05, 0.1) is 11.1 Å². The largest absolute Gasteiger partial charge is 0.478 e. The van der Waals surface area contributed by atoms with Gasteiger partial charge in [0, 0.05) is 13.1 Å². The Morgan fingerprint density at radius 1 is 1.38 bits per heavy atom. The Labute approximate surface area is 123 Å². The fourth-order valence-corrected chi connectivity index (χ4v) is 2.63. The summed E-state index contributed by atoms with van der Waals surface area (Å²) in [5.41, 5.74) is -0.229. The van der Waals surface area contributed by atoms with E-state index in [1.54, 1.807) is 4.90 Å². The number of likely N-dealkylation sites (tertiary alicyclic amines) is 1. The number of carboxylic acids is 1. The molecule has 1 atom stereocenters. The van der Waals surface area contributed by atoms with Crippen LogP contribution in [-0.2, 0) is 0 Å². The van der Waals surface area contributed by atoms with E-state index in [1.165, 1.54) is 12.1 Å². The highest BCUT2D eigenvalue weighted by Crippen LogP contribution is 2.35. The maximum atomic E-state index is 14.0. The first kappa shape index (κ1) is 15.5. The monoisotopic (exact) mass is 293 g/mol. The number of benzene rings is 1. The van der Waals surface area contributed by atoms with Gasteiger partial charge in [0.25, 0.3) is 5.91 Å². The lowest BCUT2D eigenvalue weighted by Crippen LogP contribution is -2.47. The van der Waals surface area contributed by atoms with Gasteiger partial charge >= 0.3 is 5.97 Å². The van der Waals surface area contributed by atoms with Gasteiger partial charge in [0.2, 0.25) is 0 Å². The highest BCUT2D eigenvalue weighted by atomic mass is 19.1. The van der Waals surface area contributed by atoms with Gasteiger partial charge in [-0.1, -0.05) is 20.8 Å². The van der Waals surface area contributed by atoms with E-state index in [0.717, 1.165) is 12.5 Å². The molecule has 1 amide bonds. The smallest absolute Gasteiger partial charge is 0.335 e. The van der Waals surface area contributed by atoms with Crippen LogP contribution in [0.25, 0.3) is 0 Å². The third-order valence-electron chi connectivity index (χ3n) is 4.50. The van der Waals surface area contributed by atoms with Crippen LogP contribution in [0, 0.1) is 17.2 Å². The zero-order valence-electron chi connectivity index (χ0n) is 12.5. The van der Waals surface area contributed by atoms with Crippen LogP contribution in [0.1, 0.15) is 47.9 Å². The molecule has 1 aromatic carbocycles. The Kier molecular flexibility index (Phi) is 4.03. The lowest BCUT2D eigenvalue weighted by molar-refractivity contribution is 0.0423. The third-order valence-corrected chi connectivity index (χ3v) is 4.50. The van der Waals surface area contributed by atoms with Crippen molar-refractivity contribution in [1.82, 2.24) is 4.90 Å². The lowest BCUT2D eigenvalue weighted by atomic mass is 9.75. The highest BCUT2D eigenvalue weighted by molar-refractivity contribution is 5.96. The van der Waals surface area contributed by atoms with Gasteiger partial charge in [-0.25, -0.2) is 9.18 Å². The van der Waals surface area contributed by atoms with Crippen LogP contribution in [0.5, 0.6) is 0 Å². The molecular formula is C16H20FNO3. The Morgan fingerprint density at radius 2 is 2.05 bits per heavy atom. The molecule has 2 rings (SSSR count). The molecule has 0 saturated carbocycles. The lowest BCUT2D eigenvalue weighted by Gasteiger charge is -2.43. The maximum absolute atomic E-state index is 14.0. The third kappa shape index (κ3) is 3.06. The van der Waals surface area contributed by atoms with Crippen molar-refractivity contribution >= 4 is 11.9 Å². The van der Waals surface area contributed by atoms with E-state index >= 15 is 0 Å². The summed E-state index contributed by atoms with van der Waals surface area (Å²) in [5, 5.41) is 8.82. The number of piperidine rings is 1. The molecule has 1 N–H and O–H groups in total. The molecular weight excluding hydrogens is 273 g/mol. The second kappa shape index (κ2) is 5.47. The summed E-state index contributed by atoms with van der Waals surface area (Å²) in [5.74, 6) is -1.86. The molecule has 21 heavy (non-hydrogen) atoms. The molecule has 1 fully saturated rings. The first-order chi connectivity index (χ1) is 9.72. The number of carboxylic acid groups (broad SMARTS) is 1. The first-order valence-electron chi connectivity index (χ1n) is 7.04. The minimum atomic E-state index is -1.21. The standard InChI is InChI=1S/C16H20FNO3/c1-10-6-7-18(9-16(10,2)3)14(19)12-5-4-11(15(20)21)8-13(12)17/h4-5,8,10H,6-7,9H2,1-3H3,(H,20,21). The quantitative estimate of drug-likeness (QED) is 0.911. The molecule has 4 nitrogen and oxygen atoms in total. The van der Waals surface area contributed by atoms with E-state index in [-0.39, 0.29) is 22.4 Å². The molecule has 1 aliphatic rings. The van der Waals surface area contributed by atoms with Crippen LogP contribution in [0.4, 0.5) is 4.39 Å². The summed E-state index contributed by atoms with van der Waals surface area (Å²) in [6, 6.07) is 3.41. The highest BCUT2D eigenvalue weighted by Gasteiger charge is 2.35. The van der Waals surface area contributed by atoms with E-state index in [1.807, 2.05) is 0 Å². The zero-order valence-corrected chi connectivity index (χ0v) is 12.5. The van der Waals surface area contributed by atoms with E-state index in [0.29, 0.717) is 19.0 Å². The number of nitrogens with zero attached hydrogens (tertiary/aromatic N) is 1. The van der Waals surface area contributed by atoms with Crippen molar-refractivity contribution in [3.8, 4) is 0 Å². The van der Waals surface area contributed by atoms with Gasteiger partial charge < -0.3 is 10.0 Å². The predicted octanol–water partition coefficient (Wildman–Crippen LogP) is 3.03. The molecule has 0 spiro atoms. The Bertz CT molecular complexity index is 583. The number of hydrogen-bond acceptors (Lipinski definition) is 2. The van der Waals surface area contributed by atoms with Gasteiger partial charge in [0.15, 0.2) is 0 Å². The van der Waals surface area contributed by atoms with Gasteiger partial charge in [-0.15, -0.1) is 0 Å². The van der Waals surface area contributed by atoms with Crippen molar-refractivity contribution in [2.24, 2.45) is 11.3 Å². The number of carbonyl (C=O) groups excluding carboxylic acids is 1. The van der Waals surface area contributed by atoms with Crippen LogP contribution in [0.15, 0.2) is 18.2 Å². The predicted molar refractivity (Wildman–Crippen MR) is 76.8 cm³/mol. The van der Waals surface area contributed by atoms with Crippen molar-refractivity contribution in [3.05, 3.63) is 35.1 Å². The minimum Gasteiger partial charge on any atom is -0.478 e. The minimum absolute atomic E-state index is 0.00854. The fraction of sp³-hybridized carbons (Fsp3) is 0.500. The first-order valence-corrected chi connectivity index (χ1v) is 7.04. The molecule has 1 heterocycles. The molecule has 0 radical (unpaired) electrons. The molecule has 1 saturated heterocycles. The van der Waals surface area contributed by atoms with Gasteiger partial charge in [0.1, 0.15) is 5.82 Å². The normalized spacial score (nSPS) is 21.1. The molecule has 0 aromatic heterocycles. The van der Waals surface area contributed by atoms with E-state index in [4.69, 9.17) is 5.11 Å². The summed E-state index contributed by atoms with van der Waals surface area (Å²) in [6.07, 6.45) is 0.883. The van der Waals surface area contributed by atoms with Gasteiger partial charge in [-0.3, -0.25) is 4.79 Å². The van der Waals surface area contributed by atoms with Crippen LogP contribution < -0.4 is 0 Å². The number of halogens is 1. The summed E-state index contributed by atoms with van der Waals surface area (Å²) in [6.45, 7) is 7.53. The van der Waals surface area contributed by atoms with Crippen LogP contribution in [0.3, 0.4) is 0 Å². The number of hydrogen-bond donors (Lipinski definition) is 1. The second-order valence-corrected chi connectivity index (χ2v) is 6.40. The van der Waals surface area contributed by atoms with Crippen LogP contribution >= 0.6 is 0 Å². The number of rotatable bonds is 2. The van der Waals surface area contributed by atoms with Crippen LogP contribution in [0.2, 0.25) is 0 Å². The zero-order chi connectivity index (χ0) is 15.8. The van der Waals surface area contributed by atoms with Crippen molar-refractivity contribution < 1.29 is 19.1 Å². The van der Waals surface area contributed by atoms with Crippen molar-refractivity contribution in [2.45, 2.75) is 27.2 Å². The van der Waals surface area contributed by atoms with Gasteiger partial charge in [-0.05, 0) is 36.0 Å². The fourth-order valence-electron chi connectivity index (χ4n) is 2.63. The molecule has 1 aliphatic heterocycles. The molecule has 114 valence electrons. The molecule has 1 unspecified atom stereocenters. The molecule has 0 bridgehead atoms. The average molecular weight is 293 g/mol. The van der Waals surface area contributed by atoms with E-state index in [9.17, 15) is 14.0 Å². The van der Waals surface area contributed by atoms with Crippen molar-refractivity contribution in [3.63, 3.8) is 0 Å². The average Bonchev–Trinajstić information content (AvgIpc) is 2.40. The van der Waals surface area contributed by atoms with Crippen molar-refractivity contribution in [2.75, 3.05) is 13.1 Å².